The van der Waals surface area contributed by atoms with Gasteiger partial charge in [-0.25, -0.2) is 0 Å². The first kappa shape index (κ1) is 11.3. The van der Waals surface area contributed by atoms with E-state index in [-0.39, 0.29) is 6.61 Å². The first-order valence-electron chi connectivity index (χ1n) is 4.55. The zero-order valence-electron chi connectivity index (χ0n) is 8.38. The summed E-state index contributed by atoms with van der Waals surface area (Å²) in [4.78, 5) is 0. The van der Waals surface area contributed by atoms with Crippen LogP contribution in [0.4, 0.5) is 0 Å². The first-order valence-corrected chi connectivity index (χ1v) is 4.93. The summed E-state index contributed by atoms with van der Waals surface area (Å²) in [6, 6.07) is 5.52. The highest BCUT2D eigenvalue weighted by Gasteiger charge is 2.13. The van der Waals surface area contributed by atoms with E-state index in [4.69, 9.17) is 21.4 Å². The van der Waals surface area contributed by atoms with Crippen molar-refractivity contribution in [3.05, 3.63) is 34.7 Å². The Morgan fingerprint density at radius 1 is 1.50 bits per heavy atom. The van der Waals surface area contributed by atoms with Gasteiger partial charge in [0, 0.05) is 11.5 Å². The molecule has 0 aliphatic carbocycles. The Hall–Kier alpha value is -0.730. The van der Waals surface area contributed by atoms with Crippen molar-refractivity contribution in [2.45, 2.75) is 13.8 Å². The Labute approximate surface area is 89.5 Å². The van der Waals surface area contributed by atoms with Crippen LogP contribution in [-0.4, -0.2) is 18.3 Å². The highest BCUT2D eigenvalue weighted by Crippen LogP contribution is 2.32. The van der Waals surface area contributed by atoms with Crippen LogP contribution in [-0.2, 0) is 0 Å². The summed E-state index contributed by atoms with van der Waals surface area (Å²) in [5, 5.41) is 9.62. The van der Waals surface area contributed by atoms with Gasteiger partial charge in [-0.3, -0.25) is 0 Å². The minimum absolute atomic E-state index is 0.0143. The highest BCUT2D eigenvalue weighted by atomic mass is 35.5. The van der Waals surface area contributed by atoms with E-state index in [1.807, 2.05) is 26.0 Å². The van der Waals surface area contributed by atoms with E-state index in [2.05, 4.69) is 0 Å². The van der Waals surface area contributed by atoms with E-state index in [1.54, 1.807) is 6.07 Å². The van der Waals surface area contributed by atoms with Crippen LogP contribution >= 0.6 is 11.6 Å². The average molecular weight is 214 g/mol. The van der Waals surface area contributed by atoms with Gasteiger partial charge in [-0.2, -0.15) is 0 Å². The van der Waals surface area contributed by atoms with Gasteiger partial charge in [0.25, 0.3) is 0 Å². The molecule has 0 fully saturated rings. The second-order valence-electron chi connectivity index (χ2n) is 2.99. The van der Waals surface area contributed by atoms with E-state index in [1.165, 1.54) is 0 Å². The van der Waals surface area contributed by atoms with Crippen LogP contribution in [0.3, 0.4) is 0 Å². The smallest absolute Gasteiger partial charge is 0.141 e. The van der Waals surface area contributed by atoms with Gasteiger partial charge in [-0.15, -0.1) is 0 Å². The monoisotopic (exact) mass is 213 g/mol. The molecular formula is C11H14ClO2. The molecule has 0 saturated carbocycles. The summed E-state index contributed by atoms with van der Waals surface area (Å²) in [6.45, 7) is 4.34. The number of ether oxygens (including phenoxy) is 1. The summed E-state index contributed by atoms with van der Waals surface area (Å²) in [7, 11) is 0. The number of aliphatic hydroxyl groups excluding tert-OH is 1. The maximum absolute atomic E-state index is 9.04. The zero-order valence-corrected chi connectivity index (χ0v) is 9.14. The van der Waals surface area contributed by atoms with Gasteiger partial charge in [0.2, 0.25) is 0 Å². The molecule has 0 aromatic heterocycles. The molecular weight excluding hydrogens is 200 g/mol. The molecule has 0 amide bonds. The second kappa shape index (κ2) is 5.23. The van der Waals surface area contributed by atoms with Gasteiger partial charge in [0.1, 0.15) is 5.75 Å². The van der Waals surface area contributed by atoms with Crippen molar-refractivity contribution in [3.8, 4) is 5.75 Å². The van der Waals surface area contributed by atoms with Gasteiger partial charge in [0.05, 0.1) is 18.2 Å². The minimum Gasteiger partial charge on any atom is -0.492 e. The molecule has 0 unspecified atom stereocenters. The first-order chi connectivity index (χ1) is 6.70. The fraction of sp³-hybridized carbons (Fsp3) is 0.364. The lowest BCUT2D eigenvalue weighted by molar-refractivity contribution is 0.307. The largest absolute Gasteiger partial charge is 0.492 e. The zero-order chi connectivity index (χ0) is 10.6. The molecule has 1 aromatic rings. The molecule has 0 saturated heterocycles. The van der Waals surface area contributed by atoms with Crippen molar-refractivity contribution >= 4 is 11.6 Å². The molecule has 77 valence electrons. The molecule has 0 bridgehead atoms. The predicted octanol–water partition coefficient (Wildman–Crippen LogP) is 2.67. The summed E-state index contributed by atoms with van der Waals surface area (Å²) in [5.74, 6) is 1.51. The molecule has 14 heavy (non-hydrogen) atoms. The van der Waals surface area contributed by atoms with E-state index < -0.39 is 0 Å². The Morgan fingerprint density at radius 2 is 2.21 bits per heavy atom. The minimum atomic E-state index is 0.0143. The van der Waals surface area contributed by atoms with Crippen molar-refractivity contribution in [1.29, 1.82) is 0 Å². The number of rotatable bonds is 4. The molecule has 1 N–H and O–H groups in total. The molecule has 0 aliphatic heterocycles. The SMILES string of the molecule is CCOc1c(Cl)cccc1[C](C)CO. The third-order valence-electron chi connectivity index (χ3n) is 1.95. The molecule has 1 aromatic carbocycles. The highest BCUT2D eigenvalue weighted by molar-refractivity contribution is 6.32. The third-order valence-corrected chi connectivity index (χ3v) is 2.25. The number of benzene rings is 1. The van der Waals surface area contributed by atoms with E-state index in [0.717, 1.165) is 11.5 Å². The standard InChI is InChI=1S/C11H14ClO2/c1-3-14-11-9(8(2)7-13)5-4-6-10(11)12/h4-6,13H,3,7H2,1-2H3. The molecule has 1 radical (unpaired) electrons. The van der Waals surface area contributed by atoms with Crippen LogP contribution in [0.15, 0.2) is 18.2 Å². The summed E-state index contributed by atoms with van der Waals surface area (Å²) < 4.78 is 5.43. The molecule has 0 atom stereocenters. The molecule has 0 aliphatic rings. The molecule has 3 heteroatoms. The Balaban J connectivity index is 3.07. The molecule has 2 nitrogen and oxygen atoms in total. The van der Waals surface area contributed by atoms with E-state index in [0.29, 0.717) is 17.4 Å². The van der Waals surface area contributed by atoms with Crippen LogP contribution in [0, 0.1) is 5.92 Å². The number of hydrogen-bond acceptors (Lipinski definition) is 2. The fourth-order valence-electron chi connectivity index (χ4n) is 1.22. The summed E-state index contributed by atoms with van der Waals surface area (Å²) in [6.07, 6.45) is 0. The molecule has 0 spiro atoms. The molecule has 0 heterocycles. The van der Waals surface area contributed by atoms with Crippen molar-refractivity contribution in [3.63, 3.8) is 0 Å². The van der Waals surface area contributed by atoms with Gasteiger partial charge < -0.3 is 9.84 Å². The number of halogens is 1. The lowest BCUT2D eigenvalue weighted by atomic mass is 10.0. The quantitative estimate of drug-likeness (QED) is 0.834. The lowest BCUT2D eigenvalue weighted by Gasteiger charge is -2.15. The lowest BCUT2D eigenvalue weighted by Crippen LogP contribution is -2.04. The fourth-order valence-corrected chi connectivity index (χ4v) is 1.45. The molecule has 1 rings (SSSR count). The third kappa shape index (κ3) is 2.40. The van der Waals surface area contributed by atoms with Crippen LogP contribution in [0.25, 0.3) is 0 Å². The van der Waals surface area contributed by atoms with Gasteiger partial charge in [-0.1, -0.05) is 30.7 Å². The van der Waals surface area contributed by atoms with Crippen molar-refractivity contribution in [1.82, 2.24) is 0 Å². The number of aliphatic hydroxyl groups is 1. The summed E-state index contributed by atoms with van der Waals surface area (Å²) >= 11 is 5.99. The van der Waals surface area contributed by atoms with Gasteiger partial charge >= 0.3 is 0 Å². The Kier molecular flexibility index (Phi) is 4.23. The predicted molar refractivity (Wildman–Crippen MR) is 57.7 cm³/mol. The maximum atomic E-state index is 9.04. The van der Waals surface area contributed by atoms with Crippen molar-refractivity contribution in [2.75, 3.05) is 13.2 Å². The van der Waals surface area contributed by atoms with Crippen molar-refractivity contribution < 1.29 is 9.84 Å². The average Bonchev–Trinajstić information content (AvgIpc) is 2.20. The van der Waals surface area contributed by atoms with Crippen LogP contribution in [0.1, 0.15) is 19.4 Å². The van der Waals surface area contributed by atoms with Crippen molar-refractivity contribution in [2.24, 2.45) is 0 Å². The maximum Gasteiger partial charge on any atom is 0.141 e. The normalized spacial score (nSPS) is 10.6. The van der Waals surface area contributed by atoms with E-state index >= 15 is 0 Å². The van der Waals surface area contributed by atoms with Crippen LogP contribution in [0.5, 0.6) is 5.75 Å². The van der Waals surface area contributed by atoms with Crippen LogP contribution < -0.4 is 4.74 Å². The topological polar surface area (TPSA) is 29.5 Å². The number of hydrogen-bond donors (Lipinski definition) is 1. The summed E-state index contributed by atoms with van der Waals surface area (Å²) in [5.41, 5.74) is 0.877. The Bertz CT molecular complexity index is 299. The second-order valence-corrected chi connectivity index (χ2v) is 3.40. The van der Waals surface area contributed by atoms with Gasteiger partial charge in [0.15, 0.2) is 0 Å². The Morgan fingerprint density at radius 3 is 2.79 bits per heavy atom. The van der Waals surface area contributed by atoms with Gasteiger partial charge in [-0.05, 0) is 13.0 Å². The van der Waals surface area contributed by atoms with E-state index in [9.17, 15) is 0 Å². The number of para-hydroxylation sites is 1. The van der Waals surface area contributed by atoms with Crippen LogP contribution in [0.2, 0.25) is 5.02 Å².